The summed E-state index contributed by atoms with van der Waals surface area (Å²) in [5.41, 5.74) is 5.85. The minimum absolute atomic E-state index is 0.0638. The molecule has 20 heavy (non-hydrogen) atoms. The number of hydrogen-bond acceptors (Lipinski definition) is 3. The Morgan fingerprint density at radius 2 is 1.75 bits per heavy atom. The lowest BCUT2D eigenvalue weighted by Gasteiger charge is -2.29. The highest BCUT2D eigenvalue weighted by molar-refractivity contribution is 5.82. The fourth-order valence-electron chi connectivity index (χ4n) is 2.23. The van der Waals surface area contributed by atoms with E-state index in [1.165, 1.54) is 0 Å². The molecule has 0 aliphatic rings. The summed E-state index contributed by atoms with van der Waals surface area (Å²) in [7, 11) is 0. The van der Waals surface area contributed by atoms with E-state index in [2.05, 4.69) is 19.2 Å². The highest BCUT2D eigenvalue weighted by atomic mass is 16.4. The van der Waals surface area contributed by atoms with E-state index < -0.39 is 12.0 Å². The van der Waals surface area contributed by atoms with Gasteiger partial charge in [0.2, 0.25) is 5.91 Å². The van der Waals surface area contributed by atoms with E-state index in [-0.39, 0.29) is 24.3 Å². The SMILES string of the molecule is CCC(C)C(C)[C@@H](CC(=O)O)NC(=O)[C@@H](N)CC(C)C. The predicted molar refractivity (Wildman–Crippen MR) is 80.2 cm³/mol. The van der Waals surface area contributed by atoms with Crippen LogP contribution in [0.5, 0.6) is 0 Å². The Balaban J connectivity index is 4.72. The summed E-state index contributed by atoms with van der Waals surface area (Å²) < 4.78 is 0. The van der Waals surface area contributed by atoms with E-state index in [1.54, 1.807) is 0 Å². The van der Waals surface area contributed by atoms with Crippen LogP contribution in [0.15, 0.2) is 0 Å². The molecule has 5 heteroatoms. The second-order valence-electron chi connectivity index (χ2n) is 6.19. The summed E-state index contributed by atoms with van der Waals surface area (Å²) >= 11 is 0. The average Bonchev–Trinajstić information content (AvgIpc) is 2.34. The zero-order valence-electron chi connectivity index (χ0n) is 13.3. The van der Waals surface area contributed by atoms with Crippen LogP contribution in [-0.4, -0.2) is 29.1 Å². The number of carboxylic acid groups (broad SMARTS) is 1. The van der Waals surface area contributed by atoms with Crippen molar-refractivity contribution in [3.63, 3.8) is 0 Å². The molecule has 118 valence electrons. The van der Waals surface area contributed by atoms with Gasteiger partial charge in [-0.1, -0.05) is 41.0 Å². The molecule has 0 heterocycles. The number of aliphatic carboxylic acids is 1. The molecule has 1 amide bonds. The van der Waals surface area contributed by atoms with Gasteiger partial charge in [0.05, 0.1) is 12.5 Å². The van der Waals surface area contributed by atoms with E-state index >= 15 is 0 Å². The van der Waals surface area contributed by atoms with Crippen molar-refractivity contribution >= 4 is 11.9 Å². The van der Waals surface area contributed by atoms with Crippen molar-refractivity contribution in [1.82, 2.24) is 5.32 Å². The van der Waals surface area contributed by atoms with Crippen LogP contribution in [-0.2, 0) is 9.59 Å². The second-order valence-corrected chi connectivity index (χ2v) is 6.19. The molecule has 4 atom stereocenters. The standard InChI is InChI=1S/C15H30N2O3/c1-6-10(4)11(5)13(8-14(18)19)17-15(20)12(16)7-9(2)3/h9-13H,6-8,16H2,1-5H3,(H,17,20)(H,18,19)/t10?,11?,12-,13+/m0/s1. The van der Waals surface area contributed by atoms with Gasteiger partial charge < -0.3 is 16.2 Å². The van der Waals surface area contributed by atoms with Crippen molar-refractivity contribution in [3.05, 3.63) is 0 Å². The van der Waals surface area contributed by atoms with Crippen molar-refractivity contribution in [2.75, 3.05) is 0 Å². The third-order valence-electron chi connectivity index (χ3n) is 3.96. The molecular weight excluding hydrogens is 256 g/mol. The molecule has 0 rings (SSSR count). The zero-order valence-corrected chi connectivity index (χ0v) is 13.3. The molecule has 0 aromatic carbocycles. The van der Waals surface area contributed by atoms with Crippen LogP contribution in [0.4, 0.5) is 0 Å². The van der Waals surface area contributed by atoms with Gasteiger partial charge in [0.1, 0.15) is 0 Å². The zero-order chi connectivity index (χ0) is 15.9. The van der Waals surface area contributed by atoms with Gasteiger partial charge in [0.25, 0.3) is 0 Å². The lowest BCUT2D eigenvalue weighted by molar-refractivity contribution is -0.138. The molecule has 0 aliphatic heterocycles. The molecule has 0 saturated heterocycles. The molecule has 0 aliphatic carbocycles. The number of nitrogens with one attached hydrogen (secondary N) is 1. The summed E-state index contributed by atoms with van der Waals surface area (Å²) in [5.74, 6) is -0.365. The van der Waals surface area contributed by atoms with Crippen LogP contribution in [0, 0.1) is 17.8 Å². The minimum atomic E-state index is -0.900. The Morgan fingerprint density at radius 1 is 1.20 bits per heavy atom. The Labute approximate surface area is 122 Å². The first-order valence-corrected chi connectivity index (χ1v) is 7.46. The number of nitrogens with two attached hydrogens (primary N) is 1. The number of amides is 1. The smallest absolute Gasteiger partial charge is 0.305 e. The van der Waals surface area contributed by atoms with Crippen LogP contribution in [0.2, 0.25) is 0 Å². The molecule has 0 radical (unpaired) electrons. The molecule has 0 aromatic rings. The molecule has 0 spiro atoms. The first-order chi connectivity index (χ1) is 9.18. The van der Waals surface area contributed by atoms with Gasteiger partial charge in [0.15, 0.2) is 0 Å². The normalized spacial score (nSPS) is 17.4. The summed E-state index contributed by atoms with van der Waals surface area (Å²) in [6.07, 6.45) is 1.49. The fraction of sp³-hybridized carbons (Fsp3) is 0.867. The van der Waals surface area contributed by atoms with E-state index in [1.807, 2.05) is 20.8 Å². The number of carboxylic acids is 1. The van der Waals surface area contributed by atoms with Crippen molar-refractivity contribution < 1.29 is 14.7 Å². The van der Waals surface area contributed by atoms with Crippen LogP contribution in [0.25, 0.3) is 0 Å². The number of hydrogen-bond donors (Lipinski definition) is 3. The third kappa shape index (κ3) is 6.89. The van der Waals surface area contributed by atoms with E-state index in [9.17, 15) is 9.59 Å². The highest BCUT2D eigenvalue weighted by Gasteiger charge is 2.27. The van der Waals surface area contributed by atoms with Crippen LogP contribution < -0.4 is 11.1 Å². The van der Waals surface area contributed by atoms with Crippen molar-refractivity contribution in [2.24, 2.45) is 23.5 Å². The van der Waals surface area contributed by atoms with Gasteiger partial charge >= 0.3 is 5.97 Å². The maximum atomic E-state index is 12.1. The summed E-state index contributed by atoms with van der Waals surface area (Å²) in [5, 5.41) is 11.8. The fourth-order valence-corrected chi connectivity index (χ4v) is 2.23. The molecule has 0 aromatic heterocycles. The minimum Gasteiger partial charge on any atom is -0.481 e. The van der Waals surface area contributed by atoms with Crippen molar-refractivity contribution in [2.45, 2.75) is 66.0 Å². The Morgan fingerprint density at radius 3 is 2.15 bits per heavy atom. The van der Waals surface area contributed by atoms with E-state index in [4.69, 9.17) is 10.8 Å². The number of carbonyl (C=O) groups excluding carboxylic acids is 1. The first kappa shape index (κ1) is 18.9. The molecule has 2 unspecified atom stereocenters. The Kier molecular flexibility index (Phi) is 8.46. The van der Waals surface area contributed by atoms with Crippen LogP contribution in [0.3, 0.4) is 0 Å². The monoisotopic (exact) mass is 286 g/mol. The molecule has 4 N–H and O–H groups in total. The lowest BCUT2D eigenvalue weighted by atomic mass is 9.85. The summed E-state index contributed by atoms with van der Waals surface area (Å²) in [4.78, 5) is 23.0. The lowest BCUT2D eigenvalue weighted by Crippen LogP contribution is -2.49. The second kappa shape index (κ2) is 8.95. The number of carbonyl (C=O) groups is 2. The first-order valence-electron chi connectivity index (χ1n) is 7.46. The Hall–Kier alpha value is -1.10. The van der Waals surface area contributed by atoms with E-state index in [0.29, 0.717) is 18.3 Å². The summed E-state index contributed by atoms with van der Waals surface area (Å²) in [6, 6.07) is -0.941. The van der Waals surface area contributed by atoms with Gasteiger partial charge in [-0.25, -0.2) is 0 Å². The maximum absolute atomic E-state index is 12.1. The third-order valence-corrected chi connectivity index (χ3v) is 3.96. The van der Waals surface area contributed by atoms with Gasteiger partial charge in [-0.15, -0.1) is 0 Å². The van der Waals surface area contributed by atoms with Gasteiger partial charge in [-0.05, 0) is 24.2 Å². The van der Waals surface area contributed by atoms with Crippen LogP contribution in [0.1, 0.15) is 53.9 Å². The molecule has 0 bridgehead atoms. The molecule has 0 saturated carbocycles. The quantitative estimate of drug-likeness (QED) is 0.604. The largest absolute Gasteiger partial charge is 0.481 e. The van der Waals surface area contributed by atoms with Crippen LogP contribution >= 0.6 is 0 Å². The molecule has 5 nitrogen and oxygen atoms in total. The van der Waals surface area contributed by atoms with Crippen molar-refractivity contribution in [3.8, 4) is 0 Å². The average molecular weight is 286 g/mol. The van der Waals surface area contributed by atoms with Gasteiger partial charge in [-0.2, -0.15) is 0 Å². The summed E-state index contributed by atoms with van der Waals surface area (Å²) in [6.45, 7) is 10.1. The van der Waals surface area contributed by atoms with Crippen molar-refractivity contribution in [1.29, 1.82) is 0 Å². The Bertz CT molecular complexity index is 318. The van der Waals surface area contributed by atoms with E-state index in [0.717, 1.165) is 6.42 Å². The highest BCUT2D eigenvalue weighted by Crippen LogP contribution is 2.20. The van der Waals surface area contributed by atoms with Gasteiger partial charge in [-0.3, -0.25) is 9.59 Å². The molecular formula is C15H30N2O3. The maximum Gasteiger partial charge on any atom is 0.305 e. The van der Waals surface area contributed by atoms with Gasteiger partial charge in [0, 0.05) is 6.04 Å². The topological polar surface area (TPSA) is 92.4 Å². The number of rotatable bonds is 9. The predicted octanol–water partition coefficient (Wildman–Crippen LogP) is 2.00. The molecule has 0 fully saturated rings.